The Bertz CT molecular complexity index is 99.2. The first-order valence-electron chi connectivity index (χ1n) is 0.698. The Morgan fingerprint density at radius 3 is 1.29 bits per heavy atom. The molecule has 0 aromatic heterocycles. The molecule has 1 radical (unpaired) electrons. The van der Waals surface area contributed by atoms with Gasteiger partial charge in [0.1, 0.15) is 0 Å². The molecule has 0 saturated heterocycles. The summed E-state index contributed by atoms with van der Waals surface area (Å²) in [5, 5.41) is 0. The van der Waals surface area contributed by atoms with Crippen LogP contribution in [0.2, 0.25) is 0 Å². The molecule has 0 saturated carbocycles. The van der Waals surface area contributed by atoms with Crippen LogP contribution in [0.3, 0.4) is 0 Å². The minimum Gasteiger partial charge on any atom is -1.00 e. The molecule has 0 rings (SSSR count). The predicted octanol–water partition coefficient (Wildman–Crippen LogP) is -3.54. The minimum atomic E-state index is -4.67. The fourth-order valence-corrected chi connectivity index (χ4v) is 0. The van der Waals surface area contributed by atoms with Gasteiger partial charge in [0.25, 0.3) is 0 Å². The van der Waals surface area contributed by atoms with E-state index in [-0.39, 0.29) is 78.7 Å². The molecular weight excluding hydrogens is 180 g/mol. The standard InChI is InChI=1S/K.H2O4S.Sc.H/c;1-5(2,3)4;;/h;(H2,1,2,3,4);;/q+1;;;-1. The van der Waals surface area contributed by atoms with E-state index in [0.717, 1.165) is 0 Å². The van der Waals surface area contributed by atoms with E-state index in [9.17, 15) is 0 Å². The second-order valence-electron chi connectivity index (χ2n) is 0.448. The van der Waals surface area contributed by atoms with Gasteiger partial charge in [-0.25, -0.2) is 0 Å². The normalized spacial score (nSPS) is 8.29. The van der Waals surface area contributed by atoms with Crippen molar-refractivity contribution < 1.29 is 96.2 Å². The Morgan fingerprint density at radius 1 is 1.29 bits per heavy atom. The Hall–Kier alpha value is 2.38. The van der Waals surface area contributed by atoms with Crippen LogP contribution < -0.4 is 51.4 Å². The van der Waals surface area contributed by atoms with Crippen molar-refractivity contribution in [3.8, 4) is 0 Å². The van der Waals surface area contributed by atoms with Crippen LogP contribution in [0.15, 0.2) is 0 Å². The van der Waals surface area contributed by atoms with Gasteiger partial charge in [-0.3, -0.25) is 9.11 Å². The van der Waals surface area contributed by atoms with Crippen LogP contribution in [0, 0.1) is 0 Å². The third kappa shape index (κ3) is 60.3. The van der Waals surface area contributed by atoms with Crippen molar-refractivity contribution in [1.29, 1.82) is 0 Å². The van der Waals surface area contributed by atoms with Gasteiger partial charge in [0.05, 0.1) is 0 Å². The number of hydrogen-bond donors (Lipinski definition) is 2. The average Bonchev–Trinajstić information content (AvgIpc) is 0.722. The van der Waals surface area contributed by atoms with Crippen LogP contribution in [0.4, 0.5) is 0 Å². The van der Waals surface area contributed by atoms with Crippen LogP contribution in [0.1, 0.15) is 1.43 Å². The first kappa shape index (κ1) is 16.2. The maximum atomic E-state index is 8.74. The summed E-state index contributed by atoms with van der Waals surface area (Å²) < 4.78 is 31.6. The fourth-order valence-electron chi connectivity index (χ4n) is 0. The van der Waals surface area contributed by atoms with Gasteiger partial charge in [0, 0.05) is 25.8 Å². The quantitative estimate of drug-likeness (QED) is 0.301. The molecule has 0 heterocycles. The second-order valence-corrected chi connectivity index (χ2v) is 1.34. The van der Waals surface area contributed by atoms with E-state index in [1.54, 1.807) is 0 Å². The van der Waals surface area contributed by atoms with E-state index < -0.39 is 10.4 Å². The first-order chi connectivity index (χ1) is 2.00. The molecule has 7 heavy (non-hydrogen) atoms. The van der Waals surface area contributed by atoms with Gasteiger partial charge in [-0.2, -0.15) is 8.42 Å². The van der Waals surface area contributed by atoms with Gasteiger partial charge >= 0.3 is 61.8 Å². The summed E-state index contributed by atoms with van der Waals surface area (Å²) in [6, 6.07) is 0. The van der Waals surface area contributed by atoms with Crippen LogP contribution in [0.25, 0.3) is 0 Å². The van der Waals surface area contributed by atoms with E-state index >= 15 is 0 Å². The average molecular weight is 183 g/mol. The molecule has 0 spiro atoms. The van der Waals surface area contributed by atoms with E-state index in [0.29, 0.717) is 0 Å². The van der Waals surface area contributed by atoms with Gasteiger partial charge in [0.15, 0.2) is 0 Å². The molecule has 0 bridgehead atoms. The molecule has 0 aromatic carbocycles. The van der Waals surface area contributed by atoms with Crippen molar-refractivity contribution in [2.75, 3.05) is 0 Å². The SMILES string of the molecule is O=S(=O)(O)O.[H-].[K+].[Sc]. The molecule has 0 aliphatic carbocycles. The molecule has 0 aliphatic heterocycles. The molecule has 4 nitrogen and oxygen atoms in total. The molecule has 2 N–H and O–H groups in total. The van der Waals surface area contributed by atoms with Gasteiger partial charge in [-0.1, -0.05) is 0 Å². The third-order valence-electron chi connectivity index (χ3n) is 0. The van der Waals surface area contributed by atoms with Crippen LogP contribution in [0.5, 0.6) is 0 Å². The number of rotatable bonds is 0. The van der Waals surface area contributed by atoms with Crippen LogP contribution in [-0.4, -0.2) is 17.5 Å². The zero-order valence-corrected chi connectivity index (χ0v) is 9.44. The van der Waals surface area contributed by atoms with Gasteiger partial charge in [-0.15, -0.1) is 0 Å². The molecule has 0 amide bonds. The van der Waals surface area contributed by atoms with Gasteiger partial charge in [0.2, 0.25) is 0 Å². The summed E-state index contributed by atoms with van der Waals surface area (Å²) in [5.41, 5.74) is 0. The summed E-state index contributed by atoms with van der Waals surface area (Å²) in [6.45, 7) is 0. The van der Waals surface area contributed by atoms with Crippen molar-refractivity contribution in [2.24, 2.45) is 0 Å². The predicted molar refractivity (Wildman–Crippen MR) is 15.3 cm³/mol. The summed E-state index contributed by atoms with van der Waals surface area (Å²) >= 11 is 0. The van der Waals surface area contributed by atoms with E-state index in [2.05, 4.69) is 0 Å². The summed E-state index contributed by atoms with van der Waals surface area (Å²) in [4.78, 5) is 0. The van der Waals surface area contributed by atoms with Crippen molar-refractivity contribution >= 4 is 10.4 Å². The Kier molecular flexibility index (Phi) is 15.0. The Labute approximate surface area is 104 Å². The van der Waals surface area contributed by atoms with Crippen molar-refractivity contribution in [3.05, 3.63) is 0 Å². The molecular formula is H3KO4SSc. The molecule has 0 atom stereocenters. The third-order valence-corrected chi connectivity index (χ3v) is 0. The van der Waals surface area contributed by atoms with Crippen LogP contribution >= 0.6 is 0 Å². The van der Waals surface area contributed by atoms with Gasteiger partial charge in [-0.05, 0) is 0 Å². The zero-order chi connectivity index (χ0) is 4.50. The first-order valence-corrected chi connectivity index (χ1v) is 2.10. The summed E-state index contributed by atoms with van der Waals surface area (Å²) in [5.74, 6) is 0. The van der Waals surface area contributed by atoms with Gasteiger partial charge < -0.3 is 1.43 Å². The maximum absolute atomic E-state index is 8.74. The Balaban J connectivity index is -0.0000000267. The smallest absolute Gasteiger partial charge is 1.00 e. The van der Waals surface area contributed by atoms with Crippen molar-refractivity contribution in [1.82, 2.24) is 0 Å². The fraction of sp³-hybridized carbons (Fsp3) is 0. The van der Waals surface area contributed by atoms with Crippen molar-refractivity contribution in [3.63, 3.8) is 0 Å². The second kappa shape index (κ2) is 6.50. The zero-order valence-electron chi connectivity index (χ0n) is 4.70. The number of hydrogen-bond acceptors (Lipinski definition) is 2. The molecule has 7 heteroatoms. The topological polar surface area (TPSA) is 74.6 Å². The van der Waals surface area contributed by atoms with Crippen LogP contribution in [-0.2, 0) is 36.2 Å². The molecule has 0 aliphatic rings. The molecule has 0 aromatic rings. The van der Waals surface area contributed by atoms with E-state index in [1.165, 1.54) is 0 Å². The Morgan fingerprint density at radius 2 is 1.29 bits per heavy atom. The molecule has 0 fully saturated rings. The molecule has 37 valence electrons. The molecule has 0 unspecified atom stereocenters. The minimum absolute atomic E-state index is 0. The summed E-state index contributed by atoms with van der Waals surface area (Å²) in [7, 11) is -4.67. The summed E-state index contributed by atoms with van der Waals surface area (Å²) in [6.07, 6.45) is 0. The van der Waals surface area contributed by atoms with E-state index in [4.69, 9.17) is 17.5 Å². The monoisotopic (exact) mass is 183 g/mol. The van der Waals surface area contributed by atoms with E-state index in [1.807, 2.05) is 0 Å². The van der Waals surface area contributed by atoms with Crippen molar-refractivity contribution in [2.45, 2.75) is 0 Å². The maximum Gasteiger partial charge on any atom is 1.00 e. The largest absolute Gasteiger partial charge is 1.00 e.